The summed E-state index contributed by atoms with van der Waals surface area (Å²) in [5.41, 5.74) is 6.70. The average molecular weight is 369 g/mol. The molecule has 1 aliphatic rings. The number of pyridine rings is 1. The van der Waals surface area contributed by atoms with Crippen LogP contribution in [0.1, 0.15) is 43.9 Å². The Morgan fingerprint density at radius 1 is 0.857 bits per heavy atom. The minimum atomic E-state index is -0.176. The number of nitrogens with zero attached hydrogens (tertiary/aromatic N) is 1. The molecule has 5 rings (SSSR count). The van der Waals surface area contributed by atoms with E-state index in [1.807, 2.05) is 30.5 Å². The van der Waals surface area contributed by atoms with Crippen LogP contribution in [0.15, 0.2) is 54.7 Å². The van der Waals surface area contributed by atoms with Gasteiger partial charge in [0.2, 0.25) is 0 Å². The van der Waals surface area contributed by atoms with E-state index < -0.39 is 0 Å². The van der Waals surface area contributed by atoms with Crippen molar-refractivity contribution in [1.82, 2.24) is 4.98 Å². The maximum atomic E-state index is 14.3. The zero-order valence-corrected chi connectivity index (χ0v) is 16.6. The lowest BCUT2D eigenvalue weighted by atomic mass is 9.81. The van der Waals surface area contributed by atoms with E-state index in [2.05, 4.69) is 32.9 Å². The molecule has 0 radical (unpaired) electrons. The van der Waals surface area contributed by atoms with Gasteiger partial charge in [0.05, 0.1) is 5.69 Å². The zero-order valence-electron chi connectivity index (χ0n) is 16.6. The van der Waals surface area contributed by atoms with Crippen molar-refractivity contribution in [3.05, 3.63) is 77.2 Å². The van der Waals surface area contributed by atoms with Gasteiger partial charge in [-0.3, -0.25) is 4.98 Å². The first-order valence-corrected chi connectivity index (χ1v) is 10.1. The van der Waals surface area contributed by atoms with Crippen LogP contribution in [0.5, 0.6) is 0 Å². The van der Waals surface area contributed by atoms with Gasteiger partial charge in [0.15, 0.2) is 0 Å². The third-order valence-electron chi connectivity index (χ3n) is 6.05. The molecule has 2 heteroatoms. The van der Waals surface area contributed by atoms with Gasteiger partial charge in [-0.1, -0.05) is 45.0 Å². The summed E-state index contributed by atoms with van der Waals surface area (Å²) in [5, 5.41) is 3.74. The van der Waals surface area contributed by atoms with Crippen molar-refractivity contribution in [2.24, 2.45) is 0 Å². The molecule has 0 saturated carbocycles. The van der Waals surface area contributed by atoms with Gasteiger partial charge in [-0.05, 0) is 76.4 Å². The zero-order chi connectivity index (χ0) is 19.5. The highest BCUT2D eigenvalue weighted by molar-refractivity contribution is 6.11. The molecule has 0 fully saturated rings. The Balaban J connectivity index is 1.81. The largest absolute Gasteiger partial charge is 0.256 e. The number of rotatable bonds is 1. The van der Waals surface area contributed by atoms with Crippen LogP contribution in [-0.2, 0) is 18.3 Å². The monoisotopic (exact) mass is 369 g/mol. The van der Waals surface area contributed by atoms with Crippen molar-refractivity contribution >= 4 is 21.5 Å². The second kappa shape index (κ2) is 6.13. The molecule has 1 nitrogen and oxygen atoms in total. The first-order valence-electron chi connectivity index (χ1n) is 10.1. The lowest BCUT2D eigenvalue weighted by Crippen LogP contribution is -2.14. The Labute approximate surface area is 165 Å². The van der Waals surface area contributed by atoms with Gasteiger partial charge in [-0.25, -0.2) is 4.39 Å². The number of fused-ring (bicyclic) bond motifs is 4. The predicted octanol–water partition coefficient (Wildman–Crippen LogP) is 6.98. The van der Waals surface area contributed by atoms with E-state index in [-0.39, 0.29) is 11.2 Å². The standard InChI is InChI=1S/C26H24FN/c1-26(2,3)23-15-17(14-16-6-4-7-18(16)23)25-22-11-10-21-19(8-5-9-24(21)27)20(22)12-13-28-25/h5,8-15H,4,6-7H2,1-3H3. The van der Waals surface area contributed by atoms with Gasteiger partial charge in [0.25, 0.3) is 0 Å². The van der Waals surface area contributed by atoms with Gasteiger partial charge in [0, 0.05) is 22.5 Å². The molecule has 0 unspecified atom stereocenters. The van der Waals surface area contributed by atoms with Crippen LogP contribution in [0.2, 0.25) is 0 Å². The maximum Gasteiger partial charge on any atom is 0.131 e. The minimum absolute atomic E-state index is 0.102. The van der Waals surface area contributed by atoms with Gasteiger partial charge >= 0.3 is 0 Å². The molecule has 0 saturated heterocycles. The molecule has 0 aliphatic heterocycles. The van der Waals surface area contributed by atoms with Gasteiger partial charge < -0.3 is 0 Å². The first-order chi connectivity index (χ1) is 13.4. The molecule has 0 spiro atoms. The second-order valence-electron chi connectivity index (χ2n) is 8.92. The Hall–Kier alpha value is -2.74. The predicted molar refractivity (Wildman–Crippen MR) is 115 cm³/mol. The highest BCUT2D eigenvalue weighted by Crippen LogP contribution is 2.39. The number of halogens is 1. The number of benzene rings is 3. The summed E-state index contributed by atoms with van der Waals surface area (Å²) in [5.74, 6) is -0.176. The van der Waals surface area contributed by atoms with E-state index >= 15 is 0 Å². The highest BCUT2D eigenvalue weighted by atomic mass is 19.1. The van der Waals surface area contributed by atoms with Gasteiger partial charge in [-0.2, -0.15) is 0 Å². The van der Waals surface area contributed by atoms with Crippen molar-refractivity contribution in [1.29, 1.82) is 0 Å². The molecule has 3 aromatic carbocycles. The smallest absolute Gasteiger partial charge is 0.131 e. The molecule has 1 aliphatic carbocycles. The Morgan fingerprint density at radius 3 is 2.46 bits per heavy atom. The van der Waals surface area contributed by atoms with Crippen molar-refractivity contribution in [2.75, 3.05) is 0 Å². The van der Waals surface area contributed by atoms with Crippen LogP contribution in [0.3, 0.4) is 0 Å². The quantitative estimate of drug-likeness (QED) is 0.330. The van der Waals surface area contributed by atoms with Crippen LogP contribution in [0.4, 0.5) is 4.39 Å². The fourth-order valence-electron chi connectivity index (χ4n) is 4.73. The van der Waals surface area contributed by atoms with Crippen LogP contribution < -0.4 is 0 Å². The number of aromatic nitrogens is 1. The third kappa shape index (κ3) is 2.63. The lowest BCUT2D eigenvalue weighted by Gasteiger charge is -2.24. The molecular formula is C26H24FN. The van der Waals surface area contributed by atoms with Crippen LogP contribution in [0.25, 0.3) is 32.8 Å². The molecule has 0 amide bonds. The SMILES string of the molecule is CC(C)(C)c1cc(-c2nccc3c2ccc2c(F)cccc23)cc2c1CCC2. The van der Waals surface area contributed by atoms with E-state index in [9.17, 15) is 4.39 Å². The summed E-state index contributed by atoms with van der Waals surface area (Å²) in [6.07, 6.45) is 5.40. The lowest BCUT2D eigenvalue weighted by molar-refractivity contribution is 0.584. The minimum Gasteiger partial charge on any atom is -0.256 e. The number of hydrogen-bond acceptors (Lipinski definition) is 1. The summed E-state index contributed by atoms with van der Waals surface area (Å²) in [7, 11) is 0. The number of hydrogen-bond donors (Lipinski definition) is 0. The molecule has 28 heavy (non-hydrogen) atoms. The second-order valence-corrected chi connectivity index (χ2v) is 8.92. The van der Waals surface area contributed by atoms with Crippen LogP contribution in [-0.4, -0.2) is 4.98 Å². The summed E-state index contributed by atoms with van der Waals surface area (Å²) < 4.78 is 14.3. The van der Waals surface area contributed by atoms with Crippen molar-refractivity contribution < 1.29 is 4.39 Å². The fraction of sp³-hybridized carbons (Fsp3) is 0.269. The summed E-state index contributed by atoms with van der Waals surface area (Å²) in [4.78, 5) is 4.76. The normalized spacial score (nSPS) is 14.0. The third-order valence-corrected chi connectivity index (χ3v) is 6.05. The average Bonchev–Trinajstić information content (AvgIpc) is 3.14. The summed E-state index contributed by atoms with van der Waals surface area (Å²) in [6.45, 7) is 6.87. The van der Waals surface area contributed by atoms with E-state index in [0.717, 1.165) is 28.3 Å². The molecule has 1 heterocycles. The maximum absolute atomic E-state index is 14.3. The Kier molecular flexibility index (Phi) is 3.80. The Bertz CT molecular complexity index is 1230. The molecule has 0 N–H and O–H groups in total. The summed E-state index contributed by atoms with van der Waals surface area (Å²) >= 11 is 0. The molecular weight excluding hydrogens is 345 g/mol. The van der Waals surface area contributed by atoms with E-state index in [1.54, 1.807) is 6.07 Å². The number of aryl methyl sites for hydroxylation is 1. The van der Waals surface area contributed by atoms with Crippen LogP contribution in [0, 0.1) is 5.82 Å². The van der Waals surface area contributed by atoms with Gasteiger partial charge in [-0.15, -0.1) is 0 Å². The molecule has 4 aromatic rings. The molecule has 140 valence electrons. The fourth-order valence-corrected chi connectivity index (χ4v) is 4.73. The molecule has 0 atom stereocenters. The highest BCUT2D eigenvalue weighted by Gasteiger charge is 2.25. The van der Waals surface area contributed by atoms with E-state index in [0.29, 0.717) is 5.39 Å². The van der Waals surface area contributed by atoms with Gasteiger partial charge in [0.1, 0.15) is 5.82 Å². The van der Waals surface area contributed by atoms with Crippen molar-refractivity contribution in [3.63, 3.8) is 0 Å². The molecule has 1 aromatic heterocycles. The topological polar surface area (TPSA) is 12.9 Å². The van der Waals surface area contributed by atoms with Crippen LogP contribution >= 0.6 is 0 Å². The summed E-state index contributed by atoms with van der Waals surface area (Å²) in [6, 6.07) is 15.9. The van der Waals surface area contributed by atoms with E-state index in [1.165, 1.54) is 41.2 Å². The first kappa shape index (κ1) is 17.4. The van der Waals surface area contributed by atoms with E-state index in [4.69, 9.17) is 4.98 Å². The molecule has 0 bridgehead atoms. The Morgan fingerprint density at radius 2 is 1.64 bits per heavy atom. The van der Waals surface area contributed by atoms with Crippen molar-refractivity contribution in [2.45, 2.75) is 45.4 Å². The van der Waals surface area contributed by atoms with Crippen molar-refractivity contribution in [3.8, 4) is 11.3 Å².